The predicted molar refractivity (Wildman–Crippen MR) is 45.0 cm³/mol. The van der Waals surface area contributed by atoms with Crippen molar-refractivity contribution < 1.29 is 95.1 Å². The van der Waals surface area contributed by atoms with Gasteiger partial charge in [-0.2, -0.15) is 0 Å². The molecule has 0 saturated carbocycles. The molecule has 0 aliphatic carbocycles. The Labute approximate surface area is 147 Å². The van der Waals surface area contributed by atoms with Crippen molar-refractivity contribution in [2.24, 2.45) is 0 Å². The van der Waals surface area contributed by atoms with Gasteiger partial charge in [-0.05, 0) is 0 Å². The van der Waals surface area contributed by atoms with E-state index >= 15 is 0 Å². The zero-order valence-electron chi connectivity index (χ0n) is 9.45. The van der Waals surface area contributed by atoms with Gasteiger partial charge < -0.3 is 4.55 Å². The van der Waals surface area contributed by atoms with E-state index in [-0.39, 0.29) is 51.4 Å². The molecule has 0 saturated heterocycles. The molecular formula is C7H8F7KO3S. The average molecular weight is 344 g/mol. The van der Waals surface area contributed by atoms with E-state index in [2.05, 4.69) is 0 Å². The smallest absolute Gasteiger partial charge is 0.748 e. The number of halogens is 7. The molecule has 0 bridgehead atoms. The Balaban J connectivity index is 0. The Hall–Kier alpha value is 1.06. The van der Waals surface area contributed by atoms with Gasteiger partial charge in [0.05, 0.1) is 15.9 Å². The summed E-state index contributed by atoms with van der Waals surface area (Å²) in [6.45, 7) is 0. The molecule has 0 radical (unpaired) electrons. The van der Waals surface area contributed by atoms with Crippen LogP contribution in [0.3, 0.4) is 0 Å². The molecule has 0 aromatic heterocycles. The van der Waals surface area contributed by atoms with Crippen LogP contribution in [0, 0.1) is 0 Å². The van der Waals surface area contributed by atoms with Gasteiger partial charge in [-0.1, -0.05) is 0 Å². The molecule has 0 amide bonds. The standard InChI is InChI=1S/C7H9F7O3S.K/c8-2(1-18(15,16)17)3(9)4(10)5(11)6(12)7(13)14;/h2-7H,1H2,(H,15,16,17);/q;+1/p-1. The molecule has 0 rings (SSSR count). The van der Waals surface area contributed by atoms with E-state index in [1.165, 1.54) is 0 Å². The minimum absolute atomic E-state index is 0. The molecule has 3 nitrogen and oxygen atoms in total. The SMILES string of the molecule is O=S(=O)([O-])CC(F)C(F)C(F)C(F)C(F)C(F)F.[K+]. The summed E-state index contributed by atoms with van der Waals surface area (Å²) in [7, 11) is -5.26. The van der Waals surface area contributed by atoms with Crippen molar-refractivity contribution in [3.63, 3.8) is 0 Å². The maximum Gasteiger partial charge on any atom is 1.00 e. The first-order valence-corrected chi connectivity index (χ1v) is 5.97. The summed E-state index contributed by atoms with van der Waals surface area (Å²) in [4.78, 5) is 0. The fourth-order valence-corrected chi connectivity index (χ4v) is 1.55. The third kappa shape index (κ3) is 8.17. The van der Waals surface area contributed by atoms with Crippen molar-refractivity contribution in [3.05, 3.63) is 0 Å². The summed E-state index contributed by atoms with van der Waals surface area (Å²) in [6.07, 6.45) is -21.8. The number of hydrogen-bond acceptors (Lipinski definition) is 3. The van der Waals surface area contributed by atoms with Crippen LogP contribution in [0.2, 0.25) is 0 Å². The van der Waals surface area contributed by atoms with Gasteiger partial charge in [0.2, 0.25) is 0 Å². The van der Waals surface area contributed by atoms with Gasteiger partial charge in [0.15, 0.2) is 24.7 Å². The molecule has 110 valence electrons. The Morgan fingerprint density at radius 3 is 1.47 bits per heavy atom. The van der Waals surface area contributed by atoms with E-state index in [9.17, 15) is 43.7 Å². The van der Waals surface area contributed by atoms with Crippen molar-refractivity contribution in [3.8, 4) is 0 Å². The summed E-state index contributed by atoms with van der Waals surface area (Å²) < 4.78 is 116. The summed E-state index contributed by atoms with van der Waals surface area (Å²) in [5.74, 6) is -2.01. The van der Waals surface area contributed by atoms with E-state index in [1.54, 1.807) is 0 Å². The molecule has 0 heterocycles. The molecule has 0 aromatic rings. The van der Waals surface area contributed by atoms with E-state index in [4.69, 9.17) is 0 Å². The third-order valence-corrected chi connectivity index (χ3v) is 2.59. The fraction of sp³-hybridized carbons (Fsp3) is 1.00. The molecule has 5 unspecified atom stereocenters. The fourth-order valence-electron chi connectivity index (χ4n) is 0.977. The van der Waals surface area contributed by atoms with Crippen molar-refractivity contribution in [1.29, 1.82) is 0 Å². The Kier molecular flexibility index (Phi) is 10.8. The number of rotatable bonds is 7. The van der Waals surface area contributed by atoms with Gasteiger partial charge >= 0.3 is 51.4 Å². The Bertz CT molecular complexity index is 355. The monoisotopic (exact) mass is 344 g/mol. The minimum Gasteiger partial charge on any atom is -0.748 e. The van der Waals surface area contributed by atoms with Crippen LogP contribution in [0.4, 0.5) is 30.7 Å². The van der Waals surface area contributed by atoms with Gasteiger partial charge in [-0.15, -0.1) is 0 Å². The van der Waals surface area contributed by atoms with E-state index in [1.807, 2.05) is 0 Å². The van der Waals surface area contributed by atoms with E-state index in [0.717, 1.165) is 0 Å². The maximum atomic E-state index is 12.8. The average Bonchev–Trinajstić information content (AvgIpc) is 2.22. The molecule has 5 atom stereocenters. The van der Waals surface area contributed by atoms with Crippen molar-refractivity contribution in [2.45, 2.75) is 37.3 Å². The number of alkyl halides is 7. The summed E-state index contributed by atoms with van der Waals surface area (Å²) in [5, 5.41) is 0. The minimum atomic E-state index is -5.26. The van der Waals surface area contributed by atoms with Crippen LogP contribution in [0.1, 0.15) is 0 Å². The molecule has 0 fully saturated rings. The van der Waals surface area contributed by atoms with Crippen LogP contribution >= 0.6 is 0 Å². The van der Waals surface area contributed by atoms with Crippen LogP contribution < -0.4 is 51.4 Å². The first-order valence-electron chi connectivity index (χ1n) is 4.39. The normalized spacial score (nSPS) is 20.3. The quantitative estimate of drug-likeness (QED) is 0.321. The van der Waals surface area contributed by atoms with Crippen LogP contribution in [-0.2, 0) is 10.1 Å². The summed E-state index contributed by atoms with van der Waals surface area (Å²) in [6, 6.07) is 0. The van der Waals surface area contributed by atoms with Crippen LogP contribution in [0.15, 0.2) is 0 Å². The van der Waals surface area contributed by atoms with Gasteiger partial charge in [0, 0.05) is 0 Å². The second-order valence-electron chi connectivity index (χ2n) is 3.35. The van der Waals surface area contributed by atoms with Crippen molar-refractivity contribution in [2.75, 3.05) is 5.75 Å². The largest absolute Gasteiger partial charge is 1.00 e. The van der Waals surface area contributed by atoms with Crippen molar-refractivity contribution >= 4 is 10.1 Å². The van der Waals surface area contributed by atoms with Gasteiger partial charge in [0.1, 0.15) is 6.17 Å². The summed E-state index contributed by atoms with van der Waals surface area (Å²) in [5.41, 5.74) is 0. The molecule has 0 spiro atoms. The van der Waals surface area contributed by atoms with Gasteiger partial charge in [-0.3, -0.25) is 0 Å². The molecule has 0 aromatic carbocycles. The molecule has 12 heteroatoms. The molecule has 0 N–H and O–H groups in total. The second kappa shape index (κ2) is 9.15. The zero-order valence-corrected chi connectivity index (χ0v) is 13.4. The van der Waals surface area contributed by atoms with Gasteiger partial charge in [-0.25, -0.2) is 39.2 Å². The first-order chi connectivity index (χ1) is 7.97. The molecule has 0 aliphatic rings. The Morgan fingerprint density at radius 2 is 1.16 bits per heavy atom. The zero-order chi connectivity index (χ0) is 14.7. The van der Waals surface area contributed by atoms with Gasteiger partial charge in [0.25, 0.3) is 6.43 Å². The van der Waals surface area contributed by atoms with Crippen LogP contribution in [0.5, 0.6) is 0 Å². The van der Waals surface area contributed by atoms with Crippen molar-refractivity contribution in [1.82, 2.24) is 0 Å². The Morgan fingerprint density at radius 1 is 0.789 bits per heavy atom. The van der Waals surface area contributed by atoms with Crippen LogP contribution in [0.25, 0.3) is 0 Å². The molecule has 19 heavy (non-hydrogen) atoms. The molecular weight excluding hydrogens is 336 g/mol. The maximum absolute atomic E-state index is 12.8. The van der Waals surface area contributed by atoms with E-state index < -0.39 is 53.2 Å². The summed E-state index contributed by atoms with van der Waals surface area (Å²) >= 11 is 0. The predicted octanol–water partition coefficient (Wildman–Crippen LogP) is -1.51. The number of hydrogen-bond donors (Lipinski definition) is 0. The van der Waals surface area contributed by atoms with Crippen LogP contribution in [-0.4, -0.2) is 56.0 Å². The van der Waals surface area contributed by atoms with E-state index in [0.29, 0.717) is 0 Å². The molecule has 0 aliphatic heterocycles. The first kappa shape index (κ1) is 22.3. The second-order valence-corrected chi connectivity index (χ2v) is 4.80. The third-order valence-electron chi connectivity index (χ3n) is 1.86. The topological polar surface area (TPSA) is 57.2 Å².